The van der Waals surface area contributed by atoms with E-state index in [1.165, 1.54) is 24.0 Å². The summed E-state index contributed by atoms with van der Waals surface area (Å²) >= 11 is 1.74. The van der Waals surface area contributed by atoms with Gasteiger partial charge in [0.2, 0.25) is 0 Å². The van der Waals surface area contributed by atoms with Crippen LogP contribution in [0, 0.1) is 0 Å². The van der Waals surface area contributed by atoms with E-state index in [2.05, 4.69) is 46.5 Å². The van der Waals surface area contributed by atoms with E-state index in [4.69, 9.17) is 4.98 Å². The van der Waals surface area contributed by atoms with E-state index >= 15 is 0 Å². The lowest BCUT2D eigenvalue weighted by Gasteiger charge is -2.28. The zero-order valence-corrected chi connectivity index (χ0v) is 15.0. The Hall–Kier alpha value is -1.43. The van der Waals surface area contributed by atoms with Crippen LogP contribution in [0.1, 0.15) is 42.1 Å². The predicted molar refractivity (Wildman–Crippen MR) is 98.5 cm³/mol. The molecule has 0 bridgehead atoms. The van der Waals surface area contributed by atoms with Gasteiger partial charge in [-0.1, -0.05) is 24.3 Å². The molecule has 1 aromatic carbocycles. The van der Waals surface area contributed by atoms with Crippen molar-refractivity contribution in [3.8, 4) is 0 Å². The van der Waals surface area contributed by atoms with Crippen molar-refractivity contribution in [3.63, 3.8) is 0 Å². The van der Waals surface area contributed by atoms with Crippen LogP contribution in [0.4, 0.5) is 5.13 Å². The van der Waals surface area contributed by atoms with Crippen LogP contribution in [0.25, 0.3) is 0 Å². The average Bonchev–Trinajstić information content (AvgIpc) is 3.19. The summed E-state index contributed by atoms with van der Waals surface area (Å²) in [6, 6.07) is 9.82. The molecule has 0 radical (unpaired) electrons. The van der Waals surface area contributed by atoms with Gasteiger partial charge in [-0.05, 0) is 36.8 Å². The smallest absolute Gasteiger partial charge is 0.185 e. The number of rotatable bonds is 7. The maximum atomic E-state index is 9.53. The number of nitrogens with zero attached hydrogens (tertiary/aromatic N) is 3. The number of aromatic nitrogens is 1. The Morgan fingerprint density at radius 2 is 2.08 bits per heavy atom. The van der Waals surface area contributed by atoms with Crippen LogP contribution >= 0.6 is 11.3 Å². The summed E-state index contributed by atoms with van der Waals surface area (Å²) in [5.41, 5.74) is 4.01. The molecule has 5 heteroatoms. The number of hydrogen-bond acceptors (Lipinski definition) is 5. The van der Waals surface area contributed by atoms with E-state index in [1.807, 2.05) is 0 Å². The average molecular weight is 343 g/mol. The van der Waals surface area contributed by atoms with Gasteiger partial charge in [0.05, 0.1) is 12.3 Å². The first-order chi connectivity index (χ1) is 11.8. The van der Waals surface area contributed by atoms with Gasteiger partial charge in [-0.2, -0.15) is 0 Å². The number of fused-ring (bicyclic) bond motifs is 1. The van der Waals surface area contributed by atoms with Gasteiger partial charge in [0.1, 0.15) is 0 Å². The van der Waals surface area contributed by atoms with Crippen LogP contribution in [0.15, 0.2) is 29.6 Å². The molecular weight excluding hydrogens is 318 g/mol. The molecular formula is C19H25N3OS. The van der Waals surface area contributed by atoms with Crippen molar-refractivity contribution in [3.05, 3.63) is 46.5 Å². The van der Waals surface area contributed by atoms with Crippen LogP contribution in [0.2, 0.25) is 0 Å². The highest BCUT2D eigenvalue weighted by Crippen LogP contribution is 2.37. The third-order valence-electron chi connectivity index (χ3n) is 5.23. The second-order valence-electron chi connectivity index (χ2n) is 6.91. The molecule has 1 atom stereocenters. The molecule has 0 spiro atoms. The minimum atomic E-state index is 0.192. The molecule has 24 heavy (non-hydrogen) atoms. The van der Waals surface area contributed by atoms with Gasteiger partial charge in [0.15, 0.2) is 5.13 Å². The third-order valence-corrected chi connectivity index (χ3v) is 6.21. The molecule has 1 N–H and O–H groups in total. The second-order valence-corrected chi connectivity index (χ2v) is 7.75. The monoisotopic (exact) mass is 343 g/mol. The standard InChI is InChI=1S/C19H25N3OS/c1-21(16-7-8-16)19-20-15(13-24-19)12-22(10-11-23)18-9-6-14-4-2-3-5-17(14)18/h2-5,13,16,18,23H,6-12H2,1H3. The Morgan fingerprint density at radius 3 is 2.88 bits per heavy atom. The number of hydrogen-bond donors (Lipinski definition) is 1. The van der Waals surface area contributed by atoms with Gasteiger partial charge in [-0.3, -0.25) is 4.90 Å². The molecule has 1 heterocycles. The van der Waals surface area contributed by atoms with Crippen molar-refractivity contribution in [2.24, 2.45) is 0 Å². The maximum Gasteiger partial charge on any atom is 0.185 e. The third kappa shape index (κ3) is 3.21. The zero-order valence-electron chi connectivity index (χ0n) is 14.2. The second kappa shape index (κ2) is 6.82. The first-order valence-electron chi connectivity index (χ1n) is 8.86. The molecule has 1 aromatic heterocycles. The van der Waals surface area contributed by atoms with Gasteiger partial charge in [-0.25, -0.2) is 4.98 Å². The van der Waals surface area contributed by atoms with Crippen LogP contribution < -0.4 is 4.90 Å². The molecule has 1 unspecified atom stereocenters. The summed E-state index contributed by atoms with van der Waals surface area (Å²) in [6.45, 7) is 1.70. The normalized spacial score (nSPS) is 19.7. The highest BCUT2D eigenvalue weighted by atomic mass is 32.1. The van der Waals surface area contributed by atoms with E-state index in [1.54, 1.807) is 11.3 Å². The lowest BCUT2D eigenvalue weighted by molar-refractivity contribution is 0.141. The Balaban J connectivity index is 1.50. The molecule has 2 aliphatic rings. The minimum Gasteiger partial charge on any atom is -0.395 e. The Bertz CT molecular complexity index is 697. The fraction of sp³-hybridized carbons (Fsp3) is 0.526. The highest BCUT2D eigenvalue weighted by molar-refractivity contribution is 7.13. The number of benzene rings is 1. The van der Waals surface area contributed by atoms with Crippen LogP contribution in [-0.4, -0.2) is 41.2 Å². The number of aliphatic hydroxyl groups is 1. The summed E-state index contributed by atoms with van der Waals surface area (Å²) in [5, 5.41) is 12.8. The van der Waals surface area contributed by atoms with Crippen molar-refractivity contribution >= 4 is 16.5 Å². The molecule has 0 amide bonds. The van der Waals surface area contributed by atoms with Crippen molar-refractivity contribution in [2.75, 3.05) is 25.1 Å². The van der Waals surface area contributed by atoms with Crippen molar-refractivity contribution in [2.45, 2.75) is 44.3 Å². The molecule has 4 rings (SSSR count). The molecule has 1 fully saturated rings. The van der Waals surface area contributed by atoms with Crippen molar-refractivity contribution in [1.29, 1.82) is 0 Å². The first-order valence-corrected chi connectivity index (χ1v) is 9.74. The fourth-order valence-electron chi connectivity index (χ4n) is 3.74. The summed E-state index contributed by atoms with van der Waals surface area (Å²) in [7, 11) is 2.15. The molecule has 2 aromatic rings. The summed E-state index contributed by atoms with van der Waals surface area (Å²) < 4.78 is 0. The fourth-order valence-corrected chi connectivity index (χ4v) is 4.60. The highest BCUT2D eigenvalue weighted by Gasteiger charge is 2.30. The molecule has 128 valence electrons. The van der Waals surface area contributed by atoms with E-state index in [0.717, 1.165) is 30.2 Å². The summed E-state index contributed by atoms with van der Waals surface area (Å²) in [5.74, 6) is 0. The van der Waals surface area contributed by atoms with Crippen molar-refractivity contribution in [1.82, 2.24) is 9.88 Å². The summed E-state index contributed by atoms with van der Waals surface area (Å²) in [4.78, 5) is 9.55. The first kappa shape index (κ1) is 16.1. The predicted octanol–water partition coefficient (Wildman–Crippen LogP) is 3.22. The van der Waals surface area contributed by atoms with Crippen molar-refractivity contribution < 1.29 is 5.11 Å². The van der Waals surface area contributed by atoms with Gasteiger partial charge in [0, 0.05) is 37.6 Å². The number of aryl methyl sites for hydroxylation is 1. The molecule has 0 aliphatic heterocycles. The maximum absolute atomic E-state index is 9.53. The van der Waals surface area contributed by atoms with E-state index in [0.29, 0.717) is 18.6 Å². The van der Waals surface area contributed by atoms with E-state index in [9.17, 15) is 5.11 Å². The van der Waals surface area contributed by atoms with Crippen LogP contribution in [0.3, 0.4) is 0 Å². The Morgan fingerprint density at radius 1 is 1.25 bits per heavy atom. The Kier molecular flexibility index (Phi) is 4.57. The van der Waals surface area contributed by atoms with Crippen LogP contribution in [0.5, 0.6) is 0 Å². The molecule has 4 nitrogen and oxygen atoms in total. The zero-order chi connectivity index (χ0) is 16.5. The minimum absolute atomic E-state index is 0.192. The molecule has 2 aliphatic carbocycles. The van der Waals surface area contributed by atoms with Crippen LogP contribution in [-0.2, 0) is 13.0 Å². The number of anilines is 1. The van der Waals surface area contributed by atoms with Gasteiger partial charge in [-0.15, -0.1) is 11.3 Å². The van der Waals surface area contributed by atoms with Gasteiger partial charge >= 0.3 is 0 Å². The SMILES string of the molecule is CN(c1nc(CN(CCO)C2CCc3ccccc32)cs1)C1CC1. The lowest BCUT2D eigenvalue weighted by Crippen LogP contribution is -2.30. The molecule has 0 saturated heterocycles. The molecule has 1 saturated carbocycles. The number of aliphatic hydroxyl groups excluding tert-OH is 1. The lowest BCUT2D eigenvalue weighted by atomic mass is 10.1. The van der Waals surface area contributed by atoms with E-state index < -0.39 is 0 Å². The summed E-state index contributed by atoms with van der Waals surface area (Å²) in [6.07, 6.45) is 4.86. The van der Waals surface area contributed by atoms with Gasteiger partial charge < -0.3 is 10.0 Å². The largest absolute Gasteiger partial charge is 0.395 e. The van der Waals surface area contributed by atoms with Gasteiger partial charge in [0.25, 0.3) is 0 Å². The quantitative estimate of drug-likeness (QED) is 0.838. The number of thiazole rings is 1. The topological polar surface area (TPSA) is 39.6 Å². The Labute approximate surface area is 147 Å². The van der Waals surface area contributed by atoms with E-state index in [-0.39, 0.29) is 6.61 Å².